The Hall–Kier alpha value is -1.43. The van der Waals surface area contributed by atoms with E-state index in [1.54, 1.807) is 12.3 Å². The van der Waals surface area contributed by atoms with Gasteiger partial charge >= 0.3 is 5.69 Å². The quantitative estimate of drug-likeness (QED) is 0.740. The minimum atomic E-state index is -4.03. The Labute approximate surface area is 153 Å². The first-order valence-corrected chi connectivity index (χ1v) is 10.00. The van der Waals surface area contributed by atoms with E-state index >= 15 is 0 Å². The lowest BCUT2D eigenvalue weighted by atomic mass is 10.4. The van der Waals surface area contributed by atoms with Crippen molar-refractivity contribution in [3.8, 4) is 0 Å². The van der Waals surface area contributed by atoms with Crippen LogP contribution >= 0.6 is 35.2 Å². The molecular weight excluding hydrogens is 396 g/mol. The molecule has 0 bridgehead atoms. The third-order valence-electron chi connectivity index (χ3n) is 3.08. The van der Waals surface area contributed by atoms with Gasteiger partial charge < -0.3 is 4.84 Å². The number of halogens is 1. The molecule has 2 heterocycles. The van der Waals surface area contributed by atoms with E-state index in [0.717, 1.165) is 9.41 Å². The van der Waals surface area contributed by atoms with E-state index < -0.39 is 15.7 Å². The van der Waals surface area contributed by atoms with Crippen LogP contribution in [0.2, 0.25) is 5.02 Å². The second-order valence-corrected chi connectivity index (χ2v) is 7.92. The molecule has 2 aromatic heterocycles. The van der Waals surface area contributed by atoms with Crippen molar-refractivity contribution in [1.82, 2.24) is 19.2 Å². The molecule has 0 aliphatic heterocycles. The molecule has 2 aromatic rings. The van der Waals surface area contributed by atoms with E-state index in [-0.39, 0.29) is 15.0 Å². The maximum atomic E-state index is 12.6. The number of thiocarbonyl (C=S) groups is 1. The van der Waals surface area contributed by atoms with Crippen LogP contribution in [0.5, 0.6) is 0 Å². The van der Waals surface area contributed by atoms with Gasteiger partial charge in [0.25, 0.3) is 10.0 Å². The van der Waals surface area contributed by atoms with Crippen molar-refractivity contribution in [1.29, 1.82) is 0 Å². The summed E-state index contributed by atoms with van der Waals surface area (Å²) in [6, 6.07) is 0. The van der Waals surface area contributed by atoms with Crippen LogP contribution in [0.25, 0.3) is 0 Å². The van der Waals surface area contributed by atoms with Crippen LogP contribution in [0.3, 0.4) is 0 Å². The summed E-state index contributed by atoms with van der Waals surface area (Å²) in [5, 5.41) is 5.24. The topological polar surface area (TPSA) is 95.2 Å². The maximum absolute atomic E-state index is 12.6. The van der Waals surface area contributed by atoms with E-state index in [9.17, 15) is 13.2 Å². The second-order valence-electron chi connectivity index (χ2n) is 4.54. The fourth-order valence-corrected chi connectivity index (χ4v) is 5.55. The number of sulfonamides is 1. The third kappa shape index (κ3) is 3.34. The summed E-state index contributed by atoms with van der Waals surface area (Å²) in [5.74, 6) is 0.312. The molecule has 8 nitrogen and oxygen atoms in total. The smallest absolute Gasteiger partial charge is 0.386 e. The Morgan fingerprint density at radius 2 is 2.12 bits per heavy atom. The summed E-state index contributed by atoms with van der Waals surface area (Å²) in [4.78, 5) is 17.7. The lowest BCUT2D eigenvalue weighted by Crippen LogP contribution is -2.41. The SMILES string of the molecule is CCc1scc(Cl)c1S(=O)(=O)NC(=S)n1nc(CC)n(OC)c1=O. The molecule has 2 rings (SSSR count). The Bertz CT molecular complexity index is 929. The Morgan fingerprint density at radius 3 is 2.62 bits per heavy atom. The molecule has 0 saturated carbocycles. The Morgan fingerprint density at radius 1 is 1.46 bits per heavy atom. The van der Waals surface area contributed by atoms with Crippen LogP contribution in [0.1, 0.15) is 24.5 Å². The largest absolute Gasteiger partial charge is 0.411 e. The fourth-order valence-electron chi connectivity index (χ4n) is 2.02. The lowest BCUT2D eigenvalue weighted by Gasteiger charge is -2.09. The highest BCUT2D eigenvalue weighted by molar-refractivity contribution is 7.92. The van der Waals surface area contributed by atoms with Gasteiger partial charge in [-0.3, -0.25) is 4.72 Å². The van der Waals surface area contributed by atoms with Gasteiger partial charge in [-0.2, -0.15) is 0 Å². The number of thiophene rings is 1. The molecule has 1 N–H and O–H groups in total. The Kier molecular flexibility index (Phi) is 5.68. The Balaban J connectivity index is 2.41. The molecule has 0 aliphatic carbocycles. The second kappa shape index (κ2) is 7.21. The van der Waals surface area contributed by atoms with Gasteiger partial charge in [-0.25, -0.2) is 13.2 Å². The van der Waals surface area contributed by atoms with Crippen molar-refractivity contribution in [2.75, 3.05) is 7.11 Å². The first-order chi connectivity index (χ1) is 11.3. The number of aromatic nitrogens is 3. The fraction of sp³-hybridized carbons (Fsp3) is 0.417. The average Bonchev–Trinajstić information content (AvgIpc) is 3.06. The normalized spacial score (nSPS) is 11.5. The zero-order chi connectivity index (χ0) is 18.1. The van der Waals surface area contributed by atoms with E-state index in [2.05, 4.69) is 9.82 Å². The van der Waals surface area contributed by atoms with Crippen molar-refractivity contribution < 1.29 is 13.3 Å². The zero-order valence-electron chi connectivity index (χ0n) is 13.1. The molecule has 0 atom stereocenters. The summed E-state index contributed by atoms with van der Waals surface area (Å²) in [7, 11) is -2.73. The molecule has 0 spiro atoms. The number of hydrogen-bond acceptors (Lipinski definition) is 7. The molecular formula is C12H15ClN4O4S3. The van der Waals surface area contributed by atoms with Gasteiger partial charge in [0.05, 0.1) is 5.02 Å². The van der Waals surface area contributed by atoms with Crippen molar-refractivity contribution in [2.45, 2.75) is 31.6 Å². The predicted octanol–water partition coefficient (Wildman–Crippen LogP) is 1.05. The summed E-state index contributed by atoms with van der Waals surface area (Å²) in [5.41, 5.74) is -0.700. The predicted molar refractivity (Wildman–Crippen MR) is 95.4 cm³/mol. The van der Waals surface area contributed by atoms with Crippen LogP contribution in [0, 0.1) is 0 Å². The highest BCUT2D eigenvalue weighted by Gasteiger charge is 2.26. The van der Waals surface area contributed by atoms with Gasteiger partial charge in [-0.15, -0.1) is 25.8 Å². The monoisotopic (exact) mass is 410 g/mol. The van der Waals surface area contributed by atoms with Gasteiger partial charge in [0.2, 0.25) is 5.11 Å². The molecule has 132 valence electrons. The summed E-state index contributed by atoms with van der Waals surface area (Å²) < 4.78 is 29.0. The van der Waals surface area contributed by atoms with Crippen LogP contribution < -0.4 is 15.2 Å². The van der Waals surface area contributed by atoms with E-state index in [1.165, 1.54) is 18.4 Å². The summed E-state index contributed by atoms with van der Waals surface area (Å²) in [6.07, 6.45) is 0.903. The number of nitrogens with zero attached hydrogens (tertiary/aromatic N) is 3. The molecule has 0 aromatic carbocycles. The minimum Gasteiger partial charge on any atom is -0.411 e. The lowest BCUT2D eigenvalue weighted by molar-refractivity contribution is 0.149. The molecule has 12 heteroatoms. The highest BCUT2D eigenvalue weighted by Crippen LogP contribution is 2.31. The molecule has 0 aliphatic rings. The van der Waals surface area contributed by atoms with Crippen LogP contribution in [0.4, 0.5) is 0 Å². The molecule has 24 heavy (non-hydrogen) atoms. The molecule has 0 amide bonds. The van der Waals surface area contributed by atoms with Gasteiger partial charge in [-0.05, 0) is 18.6 Å². The number of aryl methyl sites for hydroxylation is 2. The number of nitrogens with one attached hydrogen (secondary N) is 1. The van der Waals surface area contributed by atoms with Gasteiger partial charge in [0.15, 0.2) is 5.82 Å². The molecule has 0 radical (unpaired) electrons. The summed E-state index contributed by atoms with van der Waals surface area (Å²) >= 11 is 12.2. The van der Waals surface area contributed by atoms with Crippen LogP contribution in [-0.2, 0) is 22.9 Å². The van der Waals surface area contributed by atoms with Crippen molar-refractivity contribution in [2.24, 2.45) is 0 Å². The average molecular weight is 411 g/mol. The van der Waals surface area contributed by atoms with Crippen molar-refractivity contribution in [3.05, 3.63) is 31.6 Å². The molecule has 0 unspecified atom stereocenters. The van der Waals surface area contributed by atoms with Gasteiger partial charge in [0.1, 0.15) is 12.0 Å². The first kappa shape index (κ1) is 18.9. The van der Waals surface area contributed by atoms with E-state index in [1.807, 2.05) is 6.92 Å². The van der Waals surface area contributed by atoms with Crippen LogP contribution in [-0.4, -0.2) is 35.2 Å². The van der Waals surface area contributed by atoms with Crippen molar-refractivity contribution in [3.63, 3.8) is 0 Å². The van der Waals surface area contributed by atoms with E-state index in [4.69, 9.17) is 28.7 Å². The van der Waals surface area contributed by atoms with Gasteiger partial charge in [0, 0.05) is 16.7 Å². The van der Waals surface area contributed by atoms with E-state index in [0.29, 0.717) is 23.5 Å². The summed E-state index contributed by atoms with van der Waals surface area (Å²) in [6.45, 7) is 3.59. The molecule has 0 saturated heterocycles. The number of rotatable bonds is 5. The number of hydrogen-bond donors (Lipinski definition) is 1. The van der Waals surface area contributed by atoms with Crippen molar-refractivity contribution >= 4 is 50.3 Å². The highest BCUT2D eigenvalue weighted by atomic mass is 35.5. The minimum absolute atomic E-state index is 0.0334. The van der Waals surface area contributed by atoms with Crippen LogP contribution in [0.15, 0.2) is 15.1 Å². The molecule has 0 fully saturated rings. The third-order valence-corrected chi connectivity index (χ3v) is 6.75. The standard InChI is InChI=1S/C12H15ClN4O4S3/c1-4-8-10(7(13)6-23-8)24(19,20)15-11(22)16-12(18)17(21-3)9(5-2)14-16/h6H,4-5H2,1-3H3,(H,15,22). The first-order valence-electron chi connectivity index (χ1n) is 6.85. The van der Waals surface area contributed by atoms with Gasteiger partial charge in [-0.1, -0.05) is 25.4 Å². The zero-order valence-corrected chi connectivity index (χ0v) is 16.3. The maximum Gasteiger partial charge on any atom is 0.386 e.